The molecule has 0 saturated carbocycles. The summed E-state index contributed by atoms with van der Waals surface area (Å²) in [6.45, 7) is 0. The van der Waals surface area contributed by atoms with Crippen molar-refractivity contribution in [2.45, 2.75) is 5.20 Å². The summed E-state index contributed by atoms with van der Waals surface area (Å²) in [6.07, 6.45) is 3.30. The van der Waals surface area contributed by atoms with Crippen LogP contribution in [-0.4, -0.2) is 0 Å². The molecular weight excluding hydrogens is 185 g/mol. The van der Waals surface area contributed by atoms with Crippen molar-refractivity contribution in [3.05, 3.63) is 30.6 Å². The molecule has 1 rings (SSSR count). The van der Waals surface area contributed by atoms with Gasteiger partial charge >= 0.3 is 5.20 Å². The van der Waals surface area contributed by atoms with E-state index in [0.717, 1.165) is 0 Å². The van der Waals surface area contributed by atoms with Crippen molar-refractivity contribution in [3.8, 4) is 0 Å². The standard InChI is InChI=1S/C6H6BrFN/c7-6(8)9-4-2-1-3-5-9/h1-6H/q+1. The van der Waals surface area contributed by atoms with Crippen molar-refractivity contribution in [2.24, 2.45) is 0 Å². The van der Waals surface area contributed by atoms with Gasteiger partial charge < -0.3 is 0 Å². The predicted molar refractivity (Wildman–Crippen MR) is 35.7 cm³/mol. The van der Waals surface area contributed by atoms with E-state index in [1.807, 2.05) is 6.07 Å². The molecule has 3 heteroatoms. The average Bonchev–Trinajstić information content (AvgIpc) is 1.90. The Morgan fingerprint density at radius 3 is 2.11 bits per heavy atom. The van der Waals surface area contributed by atoms with E-state index in [1.54, 1.807) is 24.5 Å². The summed E-state index contributed by atoms with van der Waals surface area (Å²) in [4.78, 5) is 0. The van der Waals surface area contributed by atoms with Gasteiger partial charge in [0.15, 0.2) is 12.4 Å². The minimum absolute atomic E-state index is 1.11. The molecule has 0 amide bonds. The second kappa shape index (κ2) is 2.92. The third-order valence-electron chi connectivity index (χ3n) is 0.964. The number of alkyl halides is 2. The first-order valence-electron chi connectivity index (χ1n) is 2.54. The first kappa shape index (κ1) is 6.68. The highest BCUT2D eigenvalue weighted by atomic mass is 79.9. The topological polar surface area (TPSA) is 3.88 Å². The molecule has 0 aliphatic carbocycles. The van der Waals surface area contributed by atoms with E-state index in [2.05, 4.69) is 15.9 Å². The van der Waals surface area contributed by atoms with Gasteiger partial charge in [0.25, 0.3) is 0 Å². The fraction of sp³-hybridized carbons (Fsp3) is 0.167. The van der Waals surface area contributed by atoms with Gasteiger partial charge in [-0.3, -0.25) is 0 Å². The Kier molecular flexibility index (Phi) is 2.16. The van der Waals surface area contributed by atoms with Crippen molar-refractivity contribution < 1.29 is 8.96 Å². The van der Waals surface area contributed by atoms with Gasteiger partial charge in [0.05, 0.1) is 0 Å². The van der Waals surface area contributed by atoms with Crippen LogP contribution in [0.1, 0.15) is 5.20 Å². The zero-order valence-electron chi connectivity index (χ0n) is 4.67. The number of aromatic nitrogens is 1. The summed E-state index contributed by atoms with van der Waals surface area (Å²) in [7, 11) is 0. The maximum atomic E-state index is 12.3. The van der Waals surface area contributed by atoms with Gasteiger partial charge in [-0.05, 0) is 0 Å². The smallest absolute Gasteiger partial charge is 0.164 e. The predicted octanol–water partition coefficient (Wildman–Crippen LogP) is 1.79. The molecule has 0 radical (unpaired) electrons. The quantitative estimate of drug-likeness (QED) is 0.470. The van der Waals surface area contributed by atoms with E-state index in [9.17, 15) is 4.39 Å². The molecule has 9 heavy (non-hydrogen) atoms. The van der Waals surface area contributed by atoms with Gasteiger partial charge in [-0.2, -0.15) is 8.96 Å². The molecular formula is C6H6BrFN+. The third-order valence-corrected chi connectivity index (χ3v) is 1.44. The Morgan fingerprint density at radius 2 is 1.78 bits per heavy atom. The van der Waals surface area contributed by atoms with E-state index < -0.39 is 5.20 Å². The van der Waals surface area contributed by atoms with Crippen LogP contribution in [0.5, 0.6) is 0 Å². The van der Waals surface area contributed by atoms with Gasteiger partial charge in [-0.1, -0.05) is 6.07 Å². The van der Waals surface area contributed by atoms with Crippen LogP contribution in [-0.2, 0) is 0 Å². The molecule has 0 aromatic carbocycles. The lowest BCUT2D eigenvalue weighted by atomic mass is 10.5. The average molecular weight is 191 g/mol. The molecule has 1 nitrogen and oxygen atoms in total. The second-order valence-corrected chi connectivity index (χ2v) is 2.36. The SMILES string of the molecule is FC(Br)[n+]1ccccc1. The molecule has 0 saturated heterocycles. The van der Waals surface area contributed by atoms with E-state index in [4.69, 9.17) is 0 Å². The van der Waals surface area contributed by atoms with E-state index in [1.165, 1.54) is 4.57 Å². The Balaban J connectivity index is 2.85. The number of hydrogen-bond donors (Lipinski definition) is 0. The summed E-state index contributed by atoms with van der Waals surface area (Å²) in [6, 6.07) is 5.38. The second-order valence-electron chi connectivity index (χ2n) is 1.60. The van der Waals surface area contributed by atoms with Gasteiger partial charge in [0.2, 0.25) is 0 Å². The number of pyridine rings is 1. The van der Waals surface area contributed by atoms with Crippen molar-refractivity contribution >= 4 is 15.9 Å². The van der Waals surface area contributed by atoms with Gasteiger partial charge in [-0.25, -0.2) is 0 Å². The molecule has 1 heterocycles. The zero-order valence-corrected chi connectivity index (χ0v) is 6.25. The maximum absolute atomic E-state index is 12.3. The zero-order chi connectivity index (χ0) is 6.69. The molecule has 0 bridgehead atoms. The lowest BCUT2D eigenvalue weighted by molar-refractivity contribution is -0.719. The molecule has 1 aromatic heterocycles. The third kappa shape index (κ3) is 1.75. The highest BCUT2D eigenvalue weighted by Crippen LogP contribution is 2.04. The van der Waals surface area contributed by atoms with E-state index in [0.29, 0.717) is 0 Å². The number of nitrogens with zero attached hydrogens (tertiary/aromatic N) is 1. The maximum Gasteiger partial charge on any atom is 0.354 e. The Hall–Kier alpha value is -0.440. The Morgan fingerprint density at radius 1 is 1.22 bits per heavy atom. The van der Waals surface area contributed by atoms with Crippen LogP contribution < -0.4 is 4.57 Å². The summed E-state index contributed by atoms with van der Waals surface area (Å²) < 4.78 is 13.7. The van der Waals surface area contributed by atoms with Crippen molar-refractivity contribution in [3.63, 3.8) is 0 Å². The molecule has 1 unspecified atom stereocenters. The molecule has 0 spiro atoms. The number of hydrogen-bond acceptors (Lipinski definition) is 0. The van der Waals surface area contributed by atoms with Crippen LogP contribution in [0, 0.1) is 0 Å². The number of rotatable bonds is 1. The molecule has 0 N–H and O–H groups in total. The summed E-state index contributed by atoms with van der Waals surface area (Å²) in [5.74, 6) is 0. The highest BCUT2D eigenvalue weighted by molar-refractivity contribution is 9.09. The van der Waals surface area contributed by atoms with Crippen LogP contribution >= 0.6 is 15.9 Å². The Bertz CT molecular complexity index is 176. The first-order valence-corrected chi connectivity index (χ1v) is 3.46. The van der Waals surface area contributed by atoms with Gasteiger partial charge in [0, 0.05) is 28.1 Å². The monoisotopic (exact) mass is 190 g/mol. The summed E-state index contributed by atoms with van der Waals surface area (Å²) in [5, 5.41) is -1.11. The summed E-state index contributed by atoms with van der Waals surface area (Å²) >= 11 is 2.78. The molecule has 1 atom stereocenters. The fourth-order valence-electron chi connectivity index (χ4n) is 0.542. The fourth-order valence-corrected chi connectivity index (χ4v) is 0.815. The van der Waals surface area contributed by atoms with Gasteiger partial charge in [0.1, 0.15) is 0 Å². The molecule has 1 aromatic rings. The Labute approximate surface area is 61.3 Å². The minimum atomic E-state index is -1.11. The molecule has 0 aliphatic heterocycles. The normalized spacial score (nSPS) is 13.1. The van der Waals surface area contributed by atoms with Crippen LogP contribution in [0.15, 0.2) is 30.6 Å². The summed E-state index contributed by atoms with van der Waals surface area (Å²) in [5.41, 5.74) is 0. The molecule has 0 fully saturated rings. The number of halogens is 2. The largest absolute Gasteiger partial charge is 0.354 e. The van der Waals surface area contributed by atoms with E-state index >= 15 is 0 Å². The molecule has 48 valence electrons. The first-order chi connectivity index (χ1) is 4.30. The lowest BCUT2D eigenvalue weighted by Gasteiger charge is -1.90. The minimum Gasteiger partial charge on any atom is -0.164 e. The lowest BCUT2D eigenvalue weighted by Crippen LogP contribution is -2.31. The van der Waals surface area contributed by atoms with Crippen molar-refractivity contribution in [1.29, 1.82) is 0 Å². The van der Waals surface area contributed by atoms with Crippen molar-refractivity contribution in [1.82, 2.24) is 0 Å². The highest BCUT2D eigenvalue weighted by Gasteiger charge is 2.07. The van der Waals surface area contributed by atoms with E-state index in [-0.39, 0.29) is 0 Å². The van der Waals surface area contributed by atoms with Crippen LogP contribution in [0.4, 0.5) is 4.39 Å². The van der Waals surface area contributed by atoms with Crippen molar-refractivity contribution in [2.75, 3.05) is 0 Å². The van der Waals surface area contributed by atoms with Crippen LogP contribution in [0.25, 0.3) is 0 Å². The molecule has 0 aliphatic rings. The van der Waals surface area contributed by atoms with Gasteiger partial charge in [-0.15, -0.1) is 0 Å². The van der Waals surface area contributed by atoms with Crippen LogP contribution in [0.3, 0.4) is 0 Å². The van der Waals surface area contributed by atoms with Crippen LogP contribution in [0.2, 0.25) is 0 Å².